The number of para-hydroxylation sites is 1. The molecule has 2 fully saturated rings. The molecule has 5 nitrogen and oxygen atoms in total. The molecule has 2 aliphatic rings. The number of ether oxygens (including phenoxy) is 1. The third-order valence-corrected chi connectivity index (χ3v) is 4.87. The van der Waals surface area contributed by atoms with Crippen molar-refractivity contribution in [3.63, 3.8) is 0 Å². The molecular weight excluding hydrogens is 415 g/mol. The zero-order chi connectivity index (χ0) is 16.0. The van der Waals surface area contributed by atoms with Gasteiger partial charge in [0.2, 0.25) is 0 Å². The van der Waals surface area contributed by atoms with Gasteiger partial charge in [-0.1, -0.05) is 18.2 Å². The topological polar surface area (TPSA) is 48.9 Å². The van der Waals surface area contributed by atoms with E-state index >= 15 is 0 Å². The Kier molecular flexibility index (Phi) is 7.61. The van der Waals surface area contributed by atoms with Gasteiger partial charge in [-0.2, -0.15) is 0 Å². The summed E-state index contributed by atoms with van der Waals surface area (Å²) < 4.78 is 5.60. The van der Waals surface area contributed by atoms with E-state index in [0.717, 1.165) is 51.8 Å². The van der Waals surface area contributed by atoms with Crippen LogP contribution in [0.2, 0.25) is 0 Å². The smallest absolute Gasteiger partial charge is 0.193 e. The highest BCUT2D eigenvalue weighted by Gasteiger charge is 2.42. The van der Waals surface area contributed by atoms with Gasteiger partial charge in [-0.05, 0) is 31.4 Å². The largest absolute Gasteiger partial charge is 0.385 e. The molecule has 0 aromatic heterocycles. The van der Waals surface area contributed by atoms with Crippen molar-refractivity contribution in [2.24, 2.45) is 10.4 Å². The third-order valence-electron chi connectivity index (χ3n) is 4.87. The second kappa shape index (κ2) is 9.46. The average Bonchev–Trinajstić information content (AvgIpc) is 3.22. The van der Waals surface area contributed by atoms with Crippen LogP contribution in [0.4, 0.5) is 5.69 Å². The summed E-state index contributed by atoms with van der Waals surface area (Å²) in [6.07, 6.45) is 3.49. The molecule has 2 aliphatic heterocycles. The van der Waals surface area contributed by atoms with E-state index < -0.39 is 0 Å². The van der Waals surface area contributed by atoms with Crippen molar-refractivity contribution in [1.82, 2.24) is 10.2 Å². The summed E-state index contributed by atoms with van der Waals surface area (Å²) in [5.74, 6) is 1.04. The number of benzene rings is 1. The van der Waals surface area contributed by atoms with Gasteiger partial charge in [-0.3, -0.25) is 4.99 Å². The van der Waals surface area contributed by atoms with Crippen molar-refractivity contribution in [2.75, 3.05) is 51.8 Å². The van der Waals surface area contributed by atoms with Gasteiger partial charge in [0.1, 0.15) is 0 Å². The Bertz CT molecular complexity index is 517. The predicted molar refractivity (Wildman–Crippen MR) is 110 cm³/mol. The second-order valence-electron chi connectivity index (χ2n) is 6.59. The van der Waals surface area contributed by atoms with Crippen LogP contribution in [0.25, 0.3) is 0 Å². The summed E-state index contributed by atoms with van der Waals surface area (Å²) in [4.78, 5) is 6.84. The van der Waals surface area contributed by atoms with Crippen molar-refractivity contribution in [3.8, 4) is 0 Å². The summed E-state index contributed by atoms with van der Waals surface area (Å²) >= 11 is 0. The fourth-order valence-electron chi connectivity index (χ4n) is 3.50. The van der Waals surface area contributed by atoms with Gasteiger partial charge in [0.05, 0.1) is 6.61 Å². The molecule has 1 spiro atoms. The van der Waals surface area contributed by atoms with Gasteiger partial charge >= 0.3 is 0 Å². The molecule has 1 unspecified atom stereocenters. The van der Waals surface area contributed by atoms with E-state index in [1.165, 1.54) is 18.5 Å². The van der Waals surface area contributed by atoms with Crippen molar-refractivity contribution in [2.45, 2.75) is 19.3 Å². The van der Waals surface area contributed by atoms with Crippen LogP contribution in [0, 0.1) is 5.41 Å². The van der Waals surface area contributed by atoms with Gasteiger partial charge in [-0.25, -0.2) is 0 Å². The molecule has 2 heterocycles. The quantitative estimate of drug-likeness (QED) is 0.318. The molecule has 0 bridgehead atoms. The molecule has 134 valence electrons. The molecule has 0 amide bonds. The van der Waals surface area contributed by atoms with Crippen LogP contribution in [0.1, 0.15) is 19.3 Å². The molecule has 1 aromatic carbocycles. The maximum Gasteiger partial charge on any atom is 0.193 e. The number of guanidine groups is 1. The highest BCUT2D eigenvalue weighted by molar-refractivity contribution is 14.0. The lowest BCUT2D eigenvalue weighted by atomic mass is 9.87. The van der Waals surface area contributed by atoms with Crippen LogP contribution in [0.5, 0.6) is 0 Å². The molecule has 2 N–H and O–H groups in total. The van der Waals surface area contributed by atoms with Crippen LogP contribution in [-0.4, -0.2) is 57.3 Å². The fourth-order valence-corrected chi connectivity index (χ4v) is 3.50. The Morgan fingerprint density at radius 2 is 2.08 bits per heavy atom. The zero-order valence-corrected chi connectivity index (χ0v) is 16.8. The third kappa shape index (κ3) is 4.99. The van der Waals surface area contributed by atoms with Crippen LogP contribution in [0.15, 0.2) is 35.3 Å². The van der Waals surface area contributed by atoms with E-state index in [9.17, 15) is 0 Å². The maximum absolute atomic E-state index is 5.60. The molecule has 0 radical (unpaired) electrons. The first-order valence-corrected chi connectivity index (χ1v) is 8.64. The number of nitrogens with zero attached hydrogens (tertiary/aromatic N) is 2. The standard InChI is InChI=1S/C18H28N4O.HI/c1-19-17(22-12-8-18(14-22)9-13-23-15-18)21-11-5-10-20-16-6-3-2-4-7-16;/h2-4,6-7,20H,5,8-15H2,1H3,(H,19,21);1H. The zero-order valence-electron chi connectivity index (χ0n) is 14.5. The fraction of sp³-hybridized carbons (Fsp3) is 0.611. The van der Waals surface area contributed by atoms with E-state index in [-0.39, 0.29) is 24.0 Å². The Labute approximate surface area is 162 Å². The summed E-state index contributed by atoms with van der Waals surface area (Å²) in [5, 5.41) is 6.93. The molecule has 0 saturated carbocycles. The number of halogens is 1. The van der Waals surface area contributed by atoms with Gasteiger partial charge in [0, 0.05) is 50.9 Å². The Hall–Kier alpha value is -1.02. The van der Waals surface area contributed by atoms with E-state index in [1.807, 2.05) is 13.1 Å². The number of anilines is 1. The lowest BCUT2D eigenvalue weighted by molar-refractivity contribution is 0.156. The van der Waals surface area contributed by atoms with Gasteiger partial charge in [0.15, 0.2) is 5.96 Å². The average molecular weight is 444 g/mol. The van der Waals surface area contributed by atoms with Crippen molar-refractivity contribution in [3.05, 3.63) is 30.3 Å². The highest BCUT2D eigenvalue weighted by atomic mass is 127. The van der Waals surface area contributed by atoms with Crippen LogP contribution < -0.4 is 10.6 Å². The van der Waals surface area contributed by atoms with E-state index in [4.69, 9.17) is 4.74 Å². The van der Waals surface area contributed by atoms with E-state index in [2.05, 4.69) is 44.8 Å². The van der Waals surface area contributed by atoms with Crippen molar-refractivity contribution >= 4 is 35.6 Å². The Morgan fingerprint density at radius 3 is 2.79 bits per heavy atom. The summed E-state index contributed by atoms with van der Waals surface area (Å²) in [7, 11) is 1.88. The predicted octanol–water partition coefficient (Wildman–Crippen LogP) is 2.79. The Balaban J connectivity index is 0.00000208. The summed E-state index contributed by atoms with van der Waals surface area (Å²) in [6.45, 7) is 5.91. The van der Waals surface area contributed by atoms with E-state index in [1.54, 1.807) is 0 Å². The van der Waals surface area contributed by atoms with Crippen molar-refractivity contribution < 1.29 is 4.74 Å². The molecule has 3 rings (SSSR count). The lowest BCUT2D eigenvalue weighted by Gasteiger charge is -2.25. The number of hydrogen-bond acceptors (Lipinski definition) is 3. The van der Waals surface area contributed by atoms with Crippen molar-refractivity contribution in [1.29, 1.82) is 0 Å². The second-order valence-corrected chi connectivity index (χ2v) is 6.59. The van der Waals surface area contributed by atoms with Gasteiger partial charge in [0.25, 0.3) is 0 Å². The first-order valence-electron chi connectivity index (χ1n) is 8.64. The van der Waals surface area contributed by atoms with Crippen LogP contribution in [0.3, 0.4) is 0 Å². The number of nitrogens with one attached hydrogen (secondary N) is 2. The minimum atomic E-state index is 0. The summed E-state index contributed by atoms with van der Waals surface area (Å²) in [6, 6.07) is 10.3. The monoisotopic (exact) mass is 444 g/mol. The molecule has 6 heteroatoms. The van der Waals surface area contributed by atoms with E-state index in [0.29, 0.717) is 5.41 Å². The van der Waals surface area contributed by atoms with Crippen LogP contribution >= 0.6 is 24.0 Å². The first kappa shape index (κ1) is 19.3. The molecule has 1 aromatic rings. The highest BCUT2D eigenvalue weighted by Crippen LogP contribution is 2.38. The molecule has 1 atom stereocenters. The SMILES string of the molecule is CN=C(NCCCNc1ccccc1)N1CCC2(CCOC2)C1.I. The molecule has 0 aliphatic carbocycles. The molecular formula is C18H29IN4O. The maximum atomic E-state index is 5.60. The minimum absolute atomic E-state index is 0. The molecule has 24 heavy (non-hydrogen) atoms. The van der Waals surface area contributed by atoms with Crippen LogP contribution in [-0.2, 0) is 4.74 Å². The number of rotatable bonds is 5. The Morgan fingerprint density at radius 1 is 1.25 bits per heavy atom. The first-order chi connectivity index (χ1) is 11.3. The van der Waals surface area contributed by atoms with Gasteiger partial charge in [-0.15, -0.1) is 24.0 Å². The summed E-state index contributed by atoms with van der Waals surface area (Å²) in [5.41, 5.74) is 1.56. The molecule has 2 saturated heterocycles. The minimum Gasteiger partial charge on any atom is -0.385 e. The number of aliphatic imine (C=N–C) groups is 1. The van der Waals surface area contributed by atoms with Gasteiger partial charge < -0.3 is 20.3 Å². The number of likely N-dealkylation sites (tertiary alicyclic amines) is 1. The number of hydrogen-bond donors (Lipinski definition) is 2. The lowest BCUT2D eigenvalue weighted by Crippen LogP contribution is -2.42. The normalized spacial score (nSPS) is 23.4.